The minimum absolute atomic E-state index is 0.139. The number of aromatic nitrogens is 2. The minimum atomic E-state index is -0.140. The number of hydrogen-bond donors (Lipinski definition) is 2. The lowest BCUT2D eigenvalue weighted by molar-refractivity contribution is -0.113. The minimum Gasteiger partial charge on any atom is -0.414 e. The molecule has 0 saturated carbocycles. The van der Waals surface area contributed by atoms with E-state index in [-0.39, 0.29) is 17.7 Å². The van der Waals surface area contributed by atoms with Crippen molar-refractivity contribution in [2.45, 2.75) is 31.0 Å². The van der Waals surface area contributed by atoms with Gasteiger partial charge in [0.05, 0.1) is 11.8 Å². The van der Waals surface area contributed by atoms with Crippen LogP contribution < -0.4 is 10.6 Å². The smallest absolute Gasteiger partial charge is 0.277 e. The highest BCUT2D eigenvalue weighted by Gasteiger charge is 2.22. The summed E-state index contributed by atoms with van der Waals surface area (Å²) in [5.74, 6) is 0.654. The number of carbonyl (C=O) groups excluding carboxylic acids is 1. The van der Waals surface area contributed by atoms with Crippen molar-refractivity contribution in [2.24, 2.45) is 0 Å². The monoisotopic (exact) mass is 352 g/mol. The molecule has 1 atom stereocenters. The van der Waals surface area contributed by atoms with Crippen molar-refractivity contribution >= 4 is 35.0 Å². The second kappa shape index (κ2) is 7.33. The van der Waals surface area contributed by atoms with Gasteiger partial charge in [-0.15, -0.1) is 10.2 Å². The van der Waals surface area contributed by atoms with E-state index < -0.39 is 0 Å². The van der Waals surface area contributed by atoms with E-state index in [4.69, 9.17) is 16.0 Å². The molecule has 1 saturated heterocycles. The zero-order chi connectivity index (χ0) is 16.2. The number of anilines is 1. The predicted molar refractivity (Wildman–Crippen MR) is 89.8 cm³/mol. The molecule has 1 aliphatic heterocycles. The van der Waals surface area contributed by atoms with Crippen LogP contribution in [0.1, 0.15) is 30.3 Å². The molecule has 1 aliphatic rings. The molecule has 8 heteroatoms. The molecule has 1 aromatic heterocycles. The van der Waals surface area contributed by atoms with E-state index in [2.05, 4.69) is 20.8 Å². The van der Waals surface area contributed by atoms with Crippen molar-refractivity contribution in [2.75, 3.05) is 17.6 Å². The topological polar surface area (TPSA) is 80.0 Å². The fraction of sp³-hybridized carbons (Fsp3) is 0.400. The van der Waals surface area contributed by atoms with Crippen molar-refractivity contribution in [3.8, 4) is 0 Å². The first-order valence-corrected chi connectivity index (χ1v) is 8.74. The van der Waals surface area contributed by atoms with Crippen LogP contribution in [-0.2, 0) is 4.79 Å². The van der Waals surface area contributed by atoms with Crippen LogP contribution in [-0.4, -0.2) is 28.4 Å². The van der Waals surface area contributed by atoms with Crippen molar-refractivity contribution in [1.29, 1.82) is 0 Å². The molecule has 1 aromatic carbocycles. The van der Waals surface area contributed by atoms with Crippen LogP contribution in [0.25, 0.3) is 0 Å². The Bertz CT molecular complexity index is 701. The number of carbonyl (C=O) groups is 1. The Morgan fingerprint density at radius 1 is 1.52 bits per heavy atom. The van der Waals surface area contributed by atoms with Gasteiger partial charge in [-0.25, -0.2) is 0 Å². The van der Waals surface area contributed by atoms with Crippen LogP contribution in [0.4, 0.5) is 5.69 Å². The van der Waals surface area contributed by atoms with Gasteiger partial charge in [0.25, 0.3) is 5.22 Å². The molecule has 0 aliphatic carbocycles. The van der Waals surface area contributed by atoms with Crippen molar-refractivity contribution in [3.05, 3.63) is 34.7 Å². The summed E-state index contributed by atoms with van der Waals surface area (Å²) < 4.78 is 5.59. The lowest BCUT2D eigenvalue weighted by Gasteiger charge is -2.08. The standard InChI is InChI=1S/C15H17ClN4O2S/c1-9-10(16)4-2-5-11(9)18-13(21)8-23-15-20-19-14(22-15)12-6-3-7-17-12/h2,4-5,12,17H,3,6-8H2,1H3,(H,18,21)/t12-/m0/s1. The number of hydrogen-bond acceptors (Lipinski definition) is 6. The number of amides is 1. The van der Waals surface area contributed by atoms with E-state index in [1.807, 2.05) is 13.0 Å². The Morgan fingerprint density at radius 3 is 3.17 bits per heavy atom. The van der Waals surface area contributed by atoms with Crippen LogP contribution in [0.3, 0.4) is 0 Å². The van der Waals surface area contributed by atoms with E-state index in [0.29, 0.717) is 21.8 Å². The Hall–Kier alpha value is -1.57. The van der Waals surface area contributed by atoms with Gasteiger partial charge in [-0.2, -0.15) is 0 Å². The molecule has 0 spiro atoms. The fourth-order valence-corrected chi connectivity index (χ4v) is 3.12. The van der Waals surface area contributed by atoms with Crippen LogP contribution in [0.5, 0.6) is 0 Å². The average Bonchev–Trinajstić information content (AvgIpc) is 3.20. The van der Waals surface area contributed by atoms with Crippen molar-refractivity contribution in [3.63, 3.8) is 0 Å². The summed E-state index contributed by atoms with van der Waals surface area (Å²) >= 11 is 7.26. The molecule has 1 fully saturated rings. The van der Waals surface area contributed by atoms with E-state index >= 15 is 0 Å². The summed E-state index contributed by atoms with van der Waals surface area (Å²) in [6.45, 7) is 2.83. The lowest BCUT2D eigenvalue weighted by atomic mass is 10.2. The van der Waals surface area contributed by atoms with Gasteiger partial charge in [0, 0.05) is 10.7 Å². The molecule has 23 heavy (non-hydrogen) atoms. The Balaban J connectivity index is 1.53. The number of thioether (sulfide) groups is 1. The van der Waals surface area contributed by atoms with Gasteiger partial charge >= 0.3 is 0 Å². The number of rotatable bonds is 5. The highest BCUT2D eigenvalue weighted by molar-refractivity contribution is 7.99. The maximum atomic E-state index is 12.0. The van der Waals surface area contributed by atoms with Crippen LogP contribution in [0, 0.1) is 6.92 Å². The summed E-state index contributed by atoms with van der Waals surface area (Å²) in [4.78, 5) is 12.0. The zero-order valence-electron chi connectivity index (χ0n) is 12.6. The van der Waals surface area contributed by atoms with Crippen molar-refractivity contribution in [1.82, 2.24) is 15.5 Å². The molecule has 2 N–H and O–H groups in total. The molecular weight excluding hydrogens is 336 g/mol. The predicted octanol–water partition coefficient (Wildman–Crippen LogP) is 3.19. The van der Waals surface area contributed by atoms with E-state index in [1.165, 1.54) is 11.8 Å². The SMILES string of the molecule is Cc1c(Cl)cccc1NC(=O)CSc1nnc([C@@H]2CCCN2)o1. The molecule has 122 valence electrons. The number of benzene rings is 1. The number of nitrogens with zero attached hydrogens (tertiary/aromatic N) is 2. The van der Waals surface area contributed by atoms with Gasteiger partial charge < -0.3 is 15.1 Å². The molecule has 6 nitrogen and oxygen atoms in total. The third-order valence-electron chi connectivity index (χ3n) is 3.65. The Morgan fingerprint density at radius 2 is 2.39 bits per heavy atom. The van der Waals surface area contributed by atoms with Crippen molar-refractivity contribution < 1.29 is 9.21 Å². The molecule has 2 heterocycles. The average molecular weight is 353 g/mol. The summed E-state index contributed by atoms with van der Waals surface area (Å²) in [6.07, 6.45) is 2.11. The molecule has 0 unspecified atom stereocenters. The van der Waals surface area contributed by atoms with E-state index in [0.717, 1.165) is 24.9 Å². The largest absolute Gasteiger partial charge is 0.414 e. The Labute approximate surface area is 143 Å². The van der Waals surface area contributed by atoms with Gasteiger partial charge in [-0.05, 0) is 44.0 Å². The number of halogens is 1. The third kappa shape index (κ3) is 4.04. The van der Waals surface area contributed by atoms with Gasteiger partial charge in [-0.1, -0.05) is 29.4 Å². The summed E-state index contributed by atoms with van der Waals surface area (Å²) in [6, 6.07) is 5.55. The first-order valence-electron chi connectivity index (χ1n) is 7.38. The normalized spacial score (nSPS) is 17.4. The molecule has 0 bridgehead atoms. The summed E-state index contributed by atoms with van der Waals surface area (Å²) in [5.41, 5.74) is 1.56. The zero-order valence-corrected chi connectivity index (χ0v) is 14.2. The maximum Gasteiger partial charge on any atom is 0.277 e. The maximum absolute atomic E-state index is 12.0. The van der Waals surface area contributed by atoms with Gasteiger partial charge in [0.15, 0.2) is 0 Å². The van der Waals surface area contributed by atoms with Gasteiger partial charge in [-0.3, -0.25) is 4.79 Å². The number of nitrogens with one attached hydrogen (secondary N) is 2. The summed E-state index contributed by atoms with van der Waals surface area (Å²) in [5, 5.41) is 15.2. The third-order valence-corrected chi connectivity index (χ3v) is 4.88. The lowest BCUT2D eigenvalue weighted by Crippen LogP contribution is -2.14. The molecule has 2 aromatic rings. The highest BCUT2D eigenvalue weighted by Crippen LogP contribution is 2.26. The van der Waals surface area contributed by atoms with Crippen LogP contribution >= 0.6 is 23.4 Å². The fourth-order valence-electron chi connectivity index (χ4n) is 2.37. The summed E-state index contributed by atoms with van der Waals surface area (Å²) in [7, 11) is 0. The molecule has 3 rings (SSSR count). The van der Waals surface area contributed by atoms with E-state index in [1.54, 1.807) is 12.1 Å². The molecular formula is C15H17ClN4O2S. The Kier molecular flexibility index (Phi) is 5.20. The van der Waals surface area contributed by atoms with Crippen LogP contribution in [0.15, 0.2) is 27.8 Å². The second-order valence-corrected chi connectivity index (χ2v) is 6.64. The molecule has 0 radical (unpaired) electrons. The van der Waals surface area contributed by atoms with Crippen LogP contribution in [0.2, 0.25) is 5.02 Å². The van der Waals surface area contributed by atoms with E-state index in [9.17, 15) is 4.79 Å². The van der Waals surface area contributed by atoms with Gasteiger partial charge in [0.2, 0.25) is 11.8 Å². The quantitative estimate of drug-likeness (QED) is 0.804. The highest BCUT2D eigenvalue weighted by atomic mass is 35.5. The second-order valence-electron chi connectivity index (χ2n) is 5.30. The first kappa shape index (κ1) is 16.3. The molecule has 1 amide bonds. The first-order chi connectivity index (χ1) is 11.1. The van der Waals surface area contributed by atoms with Gasteiger partial charge in [0.1, 0.15) is 0 Å².